The summed E-state index contributed by atoms with van der Waals surface area (Å²) in [7, 11) is 0. The summed E-state index contributed by atoms with van der Waals surface area (Å²) in [5.41, 5.74) is -0.327. The van der Waals surface area contributed by atoms with E-state index in [1.54, 1.807) is 31.2 Å². The van der Waals surface area contributed by atoms with Gasteiger partial charge in [-0.1, -0.05) is 38.5 Å². The van der Waals surface area contributed by atoms with Crippen molar-refractivity contribution in [2.24, 2.45) is 5.92 Å². The highest BCUT2D eigenvalue weighted by atomic mass is 16.3. The average Bonchev–Trinajstić information content (AvgIpc) is 2.38. The molecule has 0 aliphatic carbocycles. The largest absolute Gasteiger partial charge is 0.508 e. The zero-order chi connectivity index (χ0) is 14.5. The molecule has 0 bridgehead atoms. The highest BCUT2D eigenvalue weighted by molar-refractivity contribution is 5.79. The maximum atomic E-state index is 11.8. The summed E-state index contributed by atoms with van der Waals surface area (Å²) < 4.78 is 0. The molecular weight excluding hydrogens is 242 g/mol. The van der Waals surface area contributed by atoms with Gasteiger partial charge in [-0.15, -0.1) is 0 Å². The molecule has 2 atom stereocenters. The van der Waals surface area contributed by atoms with E-state index < -0.39 is 5.60 Å². The molecule has 0 heterocycles. The SMILES string of the molecule is CC[C@H](C)[C@@](C)(O)CNC(=O)Cc1ccccc1O. The van der Waals surface area contributed by atoms with Crippen LogP contribution in [-0.4, -0.2) is 28.3 Å². The lowest BCUT2D eigenvalue weighted by molar-refractivity contribution is -0.122. The summed E-state index contributed by atoms with van der Waals surface area (Å²) in [6, 6.07) is 6.75. The smallest absolute Gasteiger partial charge is 0.224 e. The molecule has 19 heavy (non-hydrogen) atoms. The fourth-order valence-electron chi connectivity index (χ4n) is 1.79. The van der Waals surface area contributed by atoms with Crippen LogP contribution in [-0.2, 0) is 11.2 Å². The number of rotatable bonds is 6. The second-order valence-electron chi connectivity index (χ2n) is 5.25. The number of phenols is 1. The summed E-state index contributed by atoms with van der Waals surface area (Å²) in [6.45, 7) is 5.90. The van der Waals surface area contributed by atoms with Crippen molar-refractivity contribution >= 4 is 5.91 Å². The highest BCUT2D eigenvalue weighted by Gasteiger charge is 2.27. The van der Waals surface area contributed by atoms with Crippen LogP contribution >= 0.6 is 0 Å². The molecule has 1 aromatic carbocycles. The lowest BCUT2D eigenvalue weighted by atomic mass is 9.88. The molecule has 0 aromatic heterocycles. The summed E-state index contributed by atoms with van der Waals surface area (Å²) in [5, 5.41) is 22.5. The third kappa shape index (κ3) is 4.56. The van der Waals surface area contributed by atoms with Gasteiger partial charge in [0.2, 0.25) is 5.91 Å². The predicted molar refractivity (Wildman–Crippen MR) is 74.9 cm³/mol. The number of para-hydroxylation sites is 1. The van der Waals surface area contributed by atoms with Gasteiger partial charge in [0.25, 0.3) is 0 Å². The van der Waals surface area contributed by atoms with Crippen LogP contribution in [0.3, 0.4) is 0 Å². The van der Waals surface area contributed by atoms with Crippen molar-refractivity contribution in [1.29, 1.82) is 0 Å². The molecule has 0 aliphatic heterocycles. The second kappa shape index (κ2) is 6.57. The Hall–Kier alpha value is -1.55. The Balaban J connectivity index is 2.51. The van der Waals surface area contributed by atoms with Gasteiger partial charge in [-0.05, 0) is 18.9 Å². The maximum Gasteiger partial charge on any atom is 0.224 e. The van der Waals surface area contributed by atoms with E-state index in [1.807, 2.05) is 13.8 Å². The Morgan fingerprint density at radius 3 is 2.63 bits per heavy atom. The van der Waals surface area contributed by atoms with E-state index in [0.717, 1.165) is 6.42 Å². The first kappa shape index (κ1) is 15.5. The lowest BCUT2D eigenvalue weighted by Crippen LogP contribution is -2.45. The summed E-state index contributed by atoms with van der Waals surface area (Å²) >= 11 is 0. The van der Waals surface area contributed by atoms with Gasteiger partial charge >= 0.3 is 0 Å². The Morgan fingerprint density at radius 2 is 2.05 bits per heavy atom. The van der Waals surface area contributed by atoms with Gasteiger partial charge < -0.3 is 15.5 Å². The lowest BCUT2D eigenvalue weighted by Gasteiger charge is -2.29. The monoisotopic (exact) mass is 265 g/mol. The molecule has 4 heteroatoms. The first-order chi connectivity index (χ1) is 8.86. The van der Waals surface area contributed by atoms with Crippen molar-refractivity contribution in [2.75, 3.05) is 6.54 Å². The fourth-order valence-corrected chi connectivity index (χ4v) is 1.79. The van der Waals surface area contributed by atoms with Gasteiger partial charge in [-0.25, -0.2) is 0 Å². The molecule has 1 rings (SSSR count). The van der Waals surface area contributed by atoms with Crippen molar-refractivity contribution in [2.45, 2.75) is 39.2 Å². The van der Waals surface area contributed by atoms with E-state index in [-0.39, 0.29) is 30.5 Å². The van der Waals surface area contributed by atoms with E-state index in [4.69, 9.17) is 0 Å². The number of phenolic OH excluding ortho intramolecular Hbond substituents is 1. The first-order valence-corrected chi connectivity index (χ1v) is 6.62. The Morgan fingerprint density at radius 1 is 1.42 bits per heavy atom. The molecule has 4 nitrogen and oxygen atoms in total. The Kier molecular flexibility index (Phi) is 5.36. The van der Waals surface area contributed by atoms with Gasteiger partial charge in [0.1, 0.15) is 5.75 Å². The van der Waals surface area contributed by atoms with Crippen LogP contribution in [0, 0.1) is 5.92 Å². The average molecular weight is 265 g/mol. The molecular formula is C15H23NO3. The van der Waals surface area contributed by atoms with Gasteiger partial charge in [0, 0.05) is 12.1 Å². The fraction of sp³-hybridized carbons (Fsp3) is 0.533. The number of hydrogen-bond donors (Lipinski definition) is 3. The van der Waals surface area contributed by atoms with Crippen LogP contribution < -0.4 is 5.32 Å². The van der Waals surface area contributed by atoms with E-state index >= 15 is 0 Å². The molecule has 106 valence electrons. The number of nitrogens with one attached hydrogen (secondary N) is 1. The number of aromatic hydroxyl groups is 1. The third-order valence-corrected chi connectivity index (χ3v) is 3.66. The van der Waals surface area contributed by atoms with Crippen LogP contribution in [0.2, 0.25) is 0 Å². The number of benzene rings is 1. The van der Waals surface area contributed by atoms with Crippen LogP contribution in [0.5, 0.6) is 5.75 Å². The third-order valence-electron chi connectivity index (χ3n) is 3.66. The second-order valence-corrected chi connectivity index (χ2v) is 5.25. The van der Waals surface area contributed by atoms with E-state index in [1.165, 1.54) is 0 Å². The highest BCUT2D eigenvalue weighted by Crippen LogP contribution is 2.19. The van der Waals surface area contributed by atoms with E-state index in [9.17, 15) is 15.0 Å². The summed E-state index contributed by atoms with van der Waals surface area (Å²) in [5.74, 6) is 0.0225. The normalized spacial score (nSPS) is 15.6. The zero-order valence-corrected chi connectivity index (χ0v) is 11.8. The molecule has 0 unspecified atom stereocenters. The molecule has 0 saturated carbocycles. The van der Waals surface area contributed by atoms with Crippen LogP contribution in [0.4, 0.5) is 0 Å². The minimum atomic E-state index is -0.914. The first-order valence-electron chi connectivity index (χ1n) is 6.62. The summed E-state index contributed by atoms with van der Waals surface area (Å²) in [4.78, 5) is 11.8. The van der Waals surface area contributed by atoms with Crippen LogP contribution in [0.1, 0.15) is 32.8 Å². The van der Waals surface area contributed by atoms with E-state index in [0.29, 0.717) is 5.56 Å². The van der Waals surface area contributed by atoms with Gasteiger partial charge in [0.05, 0.1) is 12.0 Å². The molecule has 1 aromatic rings. The molecule has 0 fully saturated rings. The molecule has 0 saturated heterocycles. The maximum absolute atomic E-state index is 11.8. The van der Waals surface area contributed by atoms with Crippen LogP contribution in [0.25, 0.3) is 0 Å². The van der Waals surface area contributed by atoms with Crippen molar-refractivity contribution < 1.29 is 15.0 Å². The van der Waals surface area contributed by atoms with Crippen LogP contribution in [0.15, 0.2) is 24.3 Å². The van der Waals surface area contributed by atoms with E-state index in [2.05, 4.69) is 5.32 Å². The zero-order valence-electron chi connectivity index (χ0n) is 11.8. The number of carbonyl (C=O) groups excluding carboxylic acids is 1. The Bertz CT molecular complexity index is 429. The number of amides is 1. The molecule has 3 N–H and O–H groups in total. The summed E-state index contributed by atoms with van der Waals surface area (Å²) in [6.07, 6.45) is 0.964. The predicted octanol–water partition coefficient (Wildman–Crippen LogP) is 1.85. The minimum absolute atomic E-state index is 0.109. The van der Waals surface area contributed by atoms with Gasteiger partial charge in [0.15, 0.2) is 0 Å². The molecule has 0 aliphatic rings. The molecule has 1 amide bonds. The number of carbonyl (C=O) groups is 1. The van der Waals surface area contributed by atoms with Crippen molar-refractivity contribution in [3.8, 4) is 5.75 Å². The minimum Gasteiger partial charge on any atom is -0.508 e. The quantitative estimate of drug-likeness (QED) is 0.735. The number of aliphatic hydroxyl groups is 1. The van der Waals surface area contributed by atoms with Crippen molar-refractivity contribution in [3.05, 3.63) is 29.8 Å². The van der Waals surface area contributed by atoms with Gasteiger partial charge in [-0.3, -0.25) is 4.79 Å². The molecule has 0 radical (unpaired) electrons. The topological polar surface area (TPSA) is 69.6 Å². The molecule has 0 spiro atoms. The van der Waals surface area contributed by atoms with Gasteiger partial charge in [-0.2, -0.15) is 0 Å². The van der Waals surface area contributed by atoms with Crippen molar-refractivity contribution in [1.82, 2.24) is 5.32 Å². The number of hydrogen-bond acceptors (Lipinski definition) is 3. The van der Waals surface area contributed by atoms with Crippen molar-refractivity contribution in [3.63, 3.8) is 0 Å². The standard InChI is InChI=1S/C15H23NO3/c1-4-11(2)15(3,19)10-16-14(18)9-12-7-5-6-8-13(12)17/h5-8,11,17,19H,4,9-10H2,1-3H3,(H,16,18)/t11-,15-/m0/s1. The Labute approximate surface area is 114 Å².